The van der Waals surface area contributed by atoms with Crippen LogP contribution in [0.25, 0.3) is 0 Å². The van der Waals surface area contributed by atoms with E-state index in [-0.39, 0.29) is 5.28 Å². The van der Waals surface area contributed by atoms with Gasteiger partial charge in [-0.15, -0.1) is 0 Å². The van der Waals surface area contributed by atoms with E-state index in [0.717, 1.165) is 60.9 Å². The Balaban J connectivity index is 1.44. The van der Waals surface area contributed by atoms with Crippen molar-refractivity contribution in [2.75, 3.05) is 12.4 Å². The Hall–Kier alpha value is -3.41. The molecule has 6 heteroatoms. The third-order valence-corrected chi connectivity index (χ3v) is 6.69. The second-order valence-corrected chi connectivity index (χ2v) is 9.23. The molecule has 0 saturated heterocycles. The lowest BCUT2D eigenvalue weighted by molar-refractivity contribution is 0.161. The molecule has 5 nitrogen and oxygen atoms in total. The quantitative estimate of drug-likeness (QED) is 0.291. The van der Waals surface area contributed by atoms with E-state index in [1.807, 2.05) is 24.3 Å². The van der Waals surface area contributed by atoms with Crippen LogP contribution in [0.15, 0.2) is 84.9 Å². The van der Waals surface area contributed by atoms with E-state index in [9.17, 15) is 0 Å². The number of rotatable bonds is 8. The van der Waals surface area contributed by atoms with Gasteiger partial charge in [-0.2, -0.15) is 0 Å². The molecule has 4 aromatic rings. The fraction of sp³-hybridized carbons (Fsp3) is 0.241. The predicted molar refractivity (Wildman–Crippen MR) is 141 cm³/mol. The molecule has 0 bridgehead atoms. The third kappa shape index (κ3) is 5.81. The fourth-order valence-electron chi connectivity index (χ4n) is 4.77. The second-order valence-electron chi connectivity index (χ2n) is 8.90. The first-order chi connectivity index (χ1) is 17.2. The van der Waals surface area contributed by atoms with E-state index in [2.05, 4.69) is 80.8 Å². The summed E-state index contributed by atoms with van der Waals surface area (Å²) >= 11 is 6.32. The molecule has 178 valence electrons. The minimum absolute atomic E-state index is 0.276. The Morgan fingerprint density at radius 3 is 2.26 bits per heavy atom. The summed E-state index contributed by atoms with van der Waals surface area (Å²) in [7, 11) is 1.67. The van der Waals surface area contributed by atoms with Crippen LogP contribution in [0.2, 0.25) is 5.28 Å². The van der Waals surface area contributed by atoms with Crippen molar-refractivity contribution in [1.29, 1.82) is 0 Å². The van der Waals surface area contributed by atoms with Crippen LogP contribution in [0.1, 0.15) is 28.8 Å². The standard InChI is InChI=1S/C29H29ClN4O/c1-35-25-14-8-13-23(17-25)31-28-26-18-24(15-16-27(26)32-29(30)33-28)34(19-21-9-4-2-5-10-21)20-22-11-6-3-7-12-22/h2-14,17,24H,15-16,18-20H2,1H3,(H,31,32,33). The molecule has 0 fully saturated rings. The average Bonchev–Trinajstić information content (AvgIpc) is 2.89. The summed E-state index contributed by atoms with van der Waals surface area (Å²) in [5.74, 6) is 1.57. The van der Waals surface area contributed by atoms with Crippen molar-refractivity contribution in [1.82, 2.24) is 14.9 Å². The summed E-state index contributed by atoms with van der Waals surface area (Å²) in [5.41, 5.74) is 5.71. The molecule has 1 heterocycles. The molecule has 1 aliphatic rings. The number of fused-ring (bicyclic) bond motifs is 1. The number of methoxy groups -OCH3 is 1. The maximum Gasteiger partial charge on any atom is 0.224 e. The van der Waals surface area contributed by atoms with Gasteiger partial charge in [0.15, 0.2) is 0 Å². The van der Waals surface area contributed by atoms with Crippen LogP contribution in [0.4, 0.5) is 11.5 Å². The Bertz CT molecular complexity index is 1220. The second kappa shape index (κ2) is 10.9. The van der Waals surface area contributed by atoms with Gasteiger partial charge in [-0.1, -0.05) is 66.7 Å². The molecule has 1 N–H and O–H groups in total. The molecule has 0 aliphatic heterocycles. The first-order valence-electron chi connectivity index (χ1n) is 12.0. The minimum atomic E-state index is 0.276. The van der Waals surface area contributed by atoms with E-state index in [0.29, 0.717) is 6.04 Å². The van der Waals surface area contributed by atoms with Crippen LogP contribution < -0.4 is 10.1 Å². The molecule has 3 aromatic carbocycles. The summed E-state index contributed by atoms with van der Waals surface area (Å²) in [4.78, 5) is 11.7. The van der Waals surface area contributed by atoms with Crippen molar-refractivity contribution >= 4 is 23.1 Å². The summed E-state index contributed by atoms with van der Waals surface area (Å²) in [6.07, 6.45) is 2.76. The van der Waals surface area contributed by atoms with E-state index in [4.69, 9.17) is 16.3 Å². The molecular weight excluding hydrogens is 456 g/mol. The first-order valence-corrected chi connectivity index (χ1v) is 12.3. The van der Waals surface area contributed by atoms with Gasteiger partial charge in [0.25, 0.3) is 0 Å². The number of aryl methyl sites for hydroxylation is 1. The zero-order valence-electron chi connectivity index (χ0n) is 19.8. The Morgan fingerprint density at radius 2 is 1.60 bits per heavy atom. The average molecular weight is 485 g/mol. The number of nitrogens with zero attached hydrogens (tertiary/aromatic N) is 3. The number of hydrogen-bond acceptors (Lipinski definition) is 5. The number of benzene rings is 3. The highest BCUT2D eigenvalue weighted by molar-refractivity contribution is 6.28. The van der Waals surface area contributed by atoms with Crippen LogP contribution in [0.3, 0.4) is 0 Å². The summed E-state index contributed by atoms with van der Waals surface area (Å²) in [6, 6.07) is 29.6. The summed E-state index contributed by atoms with van der Waals surface area (Å²) in [6.45, 7) is 1.78. The Morgan fingerprint density at radius 1 is 0.914 bits per heavy atom. The summed E-state index contributed by atoms with van der Waals surface area (Å²) < 4.78 is 5.39. The minimum Gasteiger partial charge on any atom is -0.497 e. The maximum atomic E-state index is 6.32. The van der Waals surface area contributed by atoms with Gasteiger partial charge in [0.2, 0.25) is 5.28 Å². The van der Waals surface area contributed by atoms with Crippen molar-refractivity contribution in [2.24, 2.45) is 0 Å². The van der Waals surface area contributed by atoms with Crippen molar-refractivity contribution in [3.8, 4) is 5.75 Å². The van der Waals surface area contributed by atoms with Gasteiger partial charge in [0, 0.05) is 36.4 Å². The third-order valence-electron chi connectivity index (χ3n) is 6.53. The van der Waals surface area contributed by atoms with Crippen LogP contribution in [0, 0.1) is 0 Å². The smallest absolute Gasteiger partial charge is 0.224 e. The van der Waals surface area contributed by atoms with Crippen LogP contribution in [0.5, 0.6) is 5.75 Å². The molecule has 1 unspecified atom stereocenters. The van der Waals surface area contributed by atoms with Gasteiger partial charge >= 0.3 is 0 Å². The lowest BCUT2D eigenvalue weighted by Crippen LogP contribution is -2.39. The number of anilines is 2. The zero-order valence-corrected chi connectivity index (χ0v) is 20.6. The lowest BCUT2D eigenvalue weighted by atomic mass is 9.90. The normalized spacial score (nSPS) is 15.0. The molecule has 5 rings (SSSR count). The van der Waals surface area contributed by atoms with Gasteiger partial charge < -0.3 is 10.1 Å². The highest BCUT2D eigenvalue weighted by atomic mass is 35.5. The lowest BCUT2D eigenvalue weighted by Gasteiger charge is -2.35. The van der Waals surface area contributed by atoms with Crippen LogP contribution >= 0.6 is 11.6 Å². The molecule has 0 amide bonds. The number of nitrogens with one attached hydrogen (secondary N) is 1. The van der Waals surface area contributed by atoms with Gasteiger partial charge in [0.1, 0.15) is 11.6 Å². The summed E-state index contributed by atoms with van der Waals surface area (Å²) in [5, 5.41) is 3.75. The van der Waals surface area contributed by atoms with E-state index in [1.165, 1.54) is 11.1 Å². The Kier molecular flexibility index (Phi) is 7.26. The van der Waals surface area contributed by atoms with Gasteiger partial charge in [-0.25, -0.2) is 9.97 Å². The number of halogens is 1. The first kappa shape index (κ1) is 23.3. The van der Waals surface area contributed by atoms with Crippen molar-refractivity contribution in [2.45, 2.75) is 38.4 Å². The van der Waals surface area contributed by atoms with Crippen molar-refractivity contribution in [3.05, 3.63) is 113 Å². The van der Waals surface area contributed by atoms with E-state index in [1.54, 1.807) is 7.11 Å². The van der Waals surface area contributed by atoms with Gasteiger partial charge in [-0.3, -0.25) is 4.90 Å². The molecule has 0 saturated carbocycles. The SMILES string of the molecule is COc1cccc(Nc2nc(Cl)nc3c2CC(N(Cc2ccccc2)Cc2ccccc2)CC3)c1. The fourth-order valence-corrected chi connectivity index (χ4v) is 4.95. The molecule has 1 atom stereocenters. The van der Waals surface area contributed by atoms with Gasteiger partial charge in [0.05, 0.1) is 12.8 Å². The maximum absolute atomic E-state index is 6.32. The zero-order chi connectivity index (χ0) is 24.0. The molecule has 0 radical (unpaired) electrons. The number of hydrogen-bond donors (Lipinski definition) is 1. The highest BCUT2D eigenvalue weighted by Crippen LogP contribution is 2.32. The van der Waals surface area contributed by atoms with Crippen molar-refractivity contribution < 1.29 is 4.74 Å². The largest absolute Gasteiger partial charge is 0.497 e. The highest BCUT2D eigenvalue weighted by Gasteiger charge is 2.28. The Labute approximate surface area is 211 Å². The monoisotopic (exact) mass is 484 g/mol. The van der Waals surface area contributed by atoms with Crippen LogP contribution in [-0.2, 0) is 25.9 Å². The molecule has 1 aromatic heterocycles. The predicted octanol–water partition coefficient (Wildman–Crippen LogP) is 6.44. The van der Waals surface area contributed by atoms with E-state index >= 15 is 0 Å². The number of ether oxygens (including phenoxy) is 1. The molecular formula is C29H29ClN4O. The van der Waals surface area contributed by atoms with Gasteiger partial charge in [-0.05, 0) is 54.1 Å². The number of aromatic nitrogens is 2. The molecule has 35 heavy (non-hydrogen) atoms. The van der Waals surface area contributed by atoms with Crippen molar-refractivity contribution in [3.63, 3.8) is 0 Å². The topological polar surface area (TPSA) is 50.3 Å². The van der Waals surface area contributed by atoms with Crippen LogP contribution in [-0.4, -0.2) is 28.0 Å². The molecule has 0 spiro atoms. The molecule has 1 aliphatic carbocycles. The van der Waals surface area contributed by atoms with E-state index < -0.39 is 0 Å².